The minimum absolute atomic E-state index is 0.000280. The van der Waals surface area contributed by atoms with Gasteiger partial charge in [-0.15, -0.1) is 0 Å². The second-order valence-electron chi connectivity index (χ2n) is 6.38. The van der Waals surface area contributed by atoms with Gasteiger partial charge in [-0.2, -0.15) is 0 Å². The summed E-state index contributed by atoms with van der Waals surface area (Å²) in [4.78, 5) is 18.0. The number of nitrogens with one attached hydrogen (secondary N) is 2. The van der Waals surface area contributed by atoms with Gasteiger partial charge in [0, 0.05) is 32.6 Å². The number of rotatable bonds is 7. The summed E-state index contributed by atoms with van der Waals surface area (Å²) in [5.74, 6) is 2.17. The van der Waals surface area contributed by atoms with Crippen molar-refractivity contribution in [1.82, 2.24) is 15.5 Å². The fourth-order valence-corrected chi connectivity index (χ4v) is 2.42. The third kappa shape index (κ3) is 6.13. The number of hydrogen-bond donors (Lipinski definition) is 2. The van der Waals surface area contributed by atoms with E-state index in [0.29, 0.717) is 25.7 Å². The van der Waals surface area contributed by atoms with E-state index in [4.69, 9.17) is 9.47 Å². The summed E-state index contributed by atoms with van der Waals surface area (Å²) < 4.78 is 11.6. The molecule has 2 N–H and O–H groups in total. The molecule has 0 atom stereocenters. The minimum Gasteiger partial charge on any atom is -0.490 e. The maximum Gasteiger partial charge on any atom is 0.241 e. The van der Waals surface area contributed by atoms with E-state index in [-0.39, 0.29) is 12.5 Å². The lowest BCUT2D eigenvalue weighted by atomic mass is 10.2. The van der Waals surface area contributed by atoms with Crippen LogP contribution in [0.1, 0.15) is 31.7 Å². The molecule has 7 nitrogen and oxygen atoms in total. The highest BCUT2D eigenvalue weighted by Crippen LogP contribution is 2.33. The van der Waals surface area contributed by atoms with Crippen molar-refractivity contribution < 1.29 is 14.3 Å². The van der Waals surface area contributed by atoms with Crippen LogP contribution in [0.4, 0.5) is 0 Å². The summed E-state index contributed by atoms with van der Waals surface area (Å²) in [6.07, 6.45) is 3.00. The zero-order chi connectivity index (χ0) is 18.8. The molecule has 0 aliphatic carbocycles. The molecule has 0 saturated carbocycles. The van der Waals surface area contributed by atoms with Gasteiger partial charge < -0.3 is 25.0 Å². The van der Waals surface area contributed by atoms with E-state index in [2.05, 4.69) is 22.5 Å². The predicted molar refractivity (Wildman–Crippen MR) is 103 cm³/mol. The lowest BCUT2D eigenvalue weighted by molar-refractivity contribution is -0.127. The normalized spacial score (nSPS) is 13.7. The number of para-hydroxylation sites is 1. The third-order valence-corrected chi connectivity index (χ3v) is 3.99. The van der Waals surface area contributed by atoms with Crippen LogP contribution in [0.2, 0.25) is 0 Å². The third-order valence-electron chi connectivity index (χ3n) is 3.99. The molecule has 1 heterocycles. The zero-order valence-electron chi connectivity index (χ0n) is 16.0. The number of guanidine groups is 1. The standard InChI is InChI=1S/C19H30N4O3/c1-4-5-10-20-19(22-14-17(24)23(2)3)21-13-15-8-6-9-16-18(15)26-12-7-11-25-16/h6,8-9H,4-5,7,10-14H2,1-3H3,(H2,20,21,22). The fraction of sp³-hybridized carbons (Fsp3) is 0.579. The van der Waals surface area contributed by atoms with Gasteiger partial charge in [0.15, 0.2) is 17.5 Å². The van der Waals surface area contributed by atoms with Crippen molar-refractivity contribution in [3.05, 3.63) is 23.8 Å². The first-order valence-electron chi connectivity index (χ1n) is 9.21. The first-order valence-corrected chi connectivity index (χ1v) is 9.21. The maximum absolute atomic E-state index is 11.8. The van der Waals surface area contributed by atoms with Crippen molar-refractivity contribution in [2.45, 2.75) is 32.7 Å². The van der Waals surface area contributed by atoms with Gasteiger partial charge in [0.05, 0.1) is 26.3 Å². The van der Waals surface area contributed by atoms with Crippen molar-refractivity contribution in [2.24, 2.45) is 4.99 Å². The fourth-order valence-electron chi connectivity index (χ4n) is 2.42. The molecule has 1 aromatic rings. The molecule has 0 radical (unpaired) electrons. The highest BCUT2D eigenvalue weighted by atomic mass is 16.5. The van der Waals surface area contributed by atoms with Gasteiger partial charge in [0.1, 0.15) is 0 Å². The number of likely N-dealkylation sites (N-methyl/N-ethyl adjacent to an activating group) is 1. The molecule has 1 aliphatic rings. The van der Waals surface area contributed by atoms with Gasteiger partial charge in [-0.3, -0.25) is 4.79 Å². The van der Waals surface area contributed by atoms with E-state index in [0.717, 1.165) is 42.9 Å². The van der Waals surface area contributed by atoms with Crippen molar-refractivity contribution in [3.8, 4) is 11.5 Å². The summed E-state index contributed by atoms with van der Waals surface area (Å²) >= 11 is 0. The summed E-state index contributed by atoms with van der Waals surface area (Å²) in [6.45, 7) is 4.91. The summed E-state index contributed by atoms with van der Waals surface area (Å²) in [5.41, 5.74) is 0.972. The van der Waals surface area contributed by atoms with Crippen LogP contribution < -0.4 is 20.1 Å². The van der Waals surface area contributed by atoms with E-state index in [1.54, 1.807) is 19.0 Å². The molecule has 0 fully saturated rings. The monoisotopic (exact) mass is 362 g/mol. The molecule has 0 bridgehead atoms. The first kappa shape index (κ1) is 19.9. The van der Waals surface area contributed by atoms with Crippen molar-refractivity contribution in [3.63, 3.8) is 0 Å². The van der Waals surface area contributed by atoms with E-state index in [1.165, 1.54) is 0 Å². The minimum atomic E-state index is 0.000280. The average molecular weight is 362 g/mol. The topological polar surface area (TPSA) is 75.2 Å². The number of ether oxygens (including phenoxy) is 2. The Bertz CT molecular complexity index is 617. The molecule has 26 heavy (non-hydrogen) atoms. The molecule has 2 rings (SSSR count). The van der Waals surface area contributed by atoms with Gasteiger partial charge in [-0.05, 0) is 12.5 Å². The Morgan fingerprint density at radius 1 is 1.23 bits per heavy atom. The second-order valence-corrected chi connectivity index (χ2v) is 6.38. The predicted octanol–water partition coefficient (Wildman–Crippen LogP) is 1.77. The number of nitrogens with zero attached hydrogens (tertiary/aromatic N) is 2. The number of unbranched alkanes of at least 4 members (excludes halogenated alkanes) is 1. The van der Waals surface area contributed by atoms with Crippen molar-refractivity contribution >= 4 is 11.9 Å². The Kier molecular flexibility index (Phi) is 8.05. The van der Waals surface area contributed by atoms with Crippen molar-refractivity contribution in [1.29, 1.82) is 0 Å². The van der Waals surface area contributed by atoms with Crippen molar-refractivity contribution in [2.75, 3.05) is 40.4 Å². The van der Waals surface area contributed by atoms with Gasteiger partial charge in [0.25, 0.3) is 0 Å². The maximum atomic E-state index is 11.8. The number of fused-ring (bicyclic) bond motifs is 1. The van der Waals surface area contributed by atoms with E-state index in [9.17, 15) is 4.79 Å². The number of amides is 1. The van der Waals surface area contributed by atoms with Crippen LogP contribution in [0.5, 0.6) is 11.5 Å². The van der Waals surface area contributed by atoms with E-state index >= 15 is 0 Å². The van der Waals surface area contributed by atoms with Gasteiger partial charge in [-0.25, -0.2) is 4.99 Å². The van der Waals surface area contributed by atoms with Gasteiger partial charge in [-0.1, -0.05) is 25.5 Å². The molecule has 1 aliphatic heterocycles. The molecule has 0 saturated heterocycles. The number of carbonyl (C=O) groups is 1. The van der Waals surface area contributed by atoms with Crippen LogP contribution in [-0.4, -0.2) is 57.2 Å². The number of aliphatic imine (C=N–C) groups is 1. The molecule has 144 valence electrons. The van der Waals surface area contributed by atoms with E-state index in [1.807, 2.05) is 18.2 Å². The van der Waals surface area contributed by atoms with Crippen LogP contribution in [0, 0.1) is 0 Å². The molecule has 7 heteroatoms. The average Bonchev–Trinajstić information content (AvgIpc) is 2.89. The molecule has 0 unspecified atom stereocenters. The van der Waals surface area contributed by atoms with Crippen LogP contribution in [0.15, 0.2) is 23.2 Å². The second kappa shape index (κ2) is 10.5. The number of hydrogen-bond acceptors (Lipinski definition) is 4. The number of benzene rings is 1. The van der Waals surface area contributed by atoms with E-state index < -0.39 is 0 Å². The highest BCUT2D eigenvalue weighted by Gasteiger charge is 2.14. The Morgan fingerprint density at radius 3 is 2.81 bits per heavy atom. The quantitative estimate of drug-likeness (QED) is 0.439. The Labute approximate surface area is 155 Å². The zero-order valence-corrected chi connectivity index (χ0v) is 16.0. The Balaban J connectivity index is 2.07. The molecular formula is C19H30N4O3. The largest absolute Gasteiger partial charge is 0.490 e. The van der Waals surface area contributed by atoms with Gasteiger partial charge >= 0.3 is 0 Å². The smallest absolute Gasteiger partial charge is 0.241 e. The Morgan fingerprint density at radius 2 is 2.04 bits per heavy atom. The SMILES string of the molecule is CCCCNC(=NCc1cccc2c1OCCCO2)NCC(=O)N(C)C. The van der Waals surface area contributed by atoms with Gasteiger partial charge in [0.2, 0.25) is 5.91 Å². The number of carbonyl (C=O) groups excluding carboxylic acids is 1. The Hall–Kier alpha value is -2.44. The molecule has 1 aromatic carbocycles. The summed E-state index contributed by atoms with van der Waals surface area (Å²) in [7, 11) is 3.48. The first-order chi connectivity index (χ1) is 12.6. The molecule has 0 aromatic heterocycles. The lowest BCUT2D eigenvalue weighted by Gasteiger charge is -2.15. The summed E-state index contributed by atoms with van der Waals surface area (Å²) in [5, 5.41) is 6.37. The van der Waals surface area contributed by atoms with Crippen LogP contribution in [0.3, 0.4) is 0 Å². The molecular weight excluding hydrogens is 332 g/mol. The summed E-state index contributed by atoms with van der Waals surface area (Å²) in [6, 6.07) is 5.86. The molecule has 1 amide bonds. The van der Waals surface area contributed by atoms with Crippen LogP contribution in [-0.2, 0) is 11.3 Å². The van der Waals surface area contributed by atoms with Crippen LogP contribution >= 0.6 is 0 Å². The lowest BCUT2D eigenvalue weighted by Crippen LogP contribution is -2.43. The highest BCUT2D eigenvalue weighted by molar-refractivity contribution is 5.86. The van der Waals surface area contributed by atoms with Crippen LogP contribution in [0.25, 0.3) is 0 Å². The molecule has 0 spiro atoms.